The van der Waals surface area contributed by atoms with E-state index in [0.717, 1.165) is 30.7 Å². The van der Waals surface area contributed by atoms with Crippen molar-refractivity contribution in [2.45, 2.75) is 44.9 Å². The summed E-state index contributed by atoms with van der Waals surface area (Å²) in [4.78, 5) is 31.4. The van der Waals surface area contributed by atoms with Crippen LogP contribution in [0.5, 0.6) is 5.75 Å². The van der Waals surface area contributed by atoms with Crippen LogP contribution in [0.1, 0.15) is 54.0 Å². The molecule has 1 saturated heterocycles. The number of nitrogens with one attached hydrogen (secondary N) is 1. The lowest BCUT2D eigenvalue weighted by molar-refractivity contribution is -0.274. The predicted molar refractivity (Wildman–Crippen MR) is 138 cm³/mol. The minimum atomic E-state index is -4.77. The summed E-state index contributed by atoms with van der Waals surface area (Å²) in [7, 11) is 0. The molecule has 3 aromatic rings. The zero-order valence-electron chi connectivity index (χ0n) is 20.8. The van der Waals surface area contributed by atoms with E-state index in [1.54, 1.807) is 34.5 Å². The van der Waals surface area contributed by atoms with Crippen LogP contribution in [0.4, 0.5) is 23.7 Å². The molecule has 2 heterocycles. The van der Waals surface area contributed by atoms with Crippen molar-refractivity contribution in [2.24, 2.45) is 0 Å². The minimum absolute atomic E-state index is 0.158. The molecule has 11 heteroatoms. The number of thiazole rings is 1. The number of ether oxygens (including phenoxy) is 2. The molecular weight excluding hydrogens is 519 g/mol. The molecule has 1 aliphatic rings. The van der Waals surface area contributed by atoms with Crippen molar-refractivity contribution in [1.82, 2.24) is 9.88 Å². The number of rotatable bonds is 8. The van der Waals surface area contributed by atoms with Gasteiger partial charge in [-0.3, -0.25) is 4.79 Å². The Hall–Kier alpha value is -3.60. The van der Waals surface area contributed by atoms with Crippen molar-refractivity contribution in [3.63, 3.8) is 0 Å². The predicted octanol–water partition coefficient (Wildman–Crippen LogP) is 7.08. The van der Waals surface area contributed by atoms with Gasteiger partial charge in [-0.25, -0.2) is 9.78 Å². The number of nitrogens with zero attached hydrogens (tertiary/aromatic N) is 2. The van der Waals surface area contributed by atoms with Crippen molar-refractivity contribution >= 4 is 29.0 Å². The van der Waals surface area contributed by atoms with Gasteiger partial charge in [0.2, 0.25) is 0 Å². The highest BCUT2D eigenvalue weighted by Crippen LogP contribution is 2.33. The lowest BCUT2D eigenvalue weighted by Gasteiger charge is -2.30. The third-order valence-electron chi connectivity index (χ3n) is 6.15. The van der Waals surface area contributed by atoms with Crippen molar-refractivity contribution in [3.05, 3.63) is 64.6 Å². The maximum absolute atomic E-state index is 13.0. The quantitative estimate of drug-likeness (QED) is 0.305. The molecular formula is C27H28F3N3O4S. The number of carbonyl (C=O) groups excluding carboxylic acids is 2. The van der Waals surface area contributed by atoms with Gasteiger partial charge in [-0.1, -0.05) is 43.7 Å². The van der Waals surface area contributed by atoms with Crippen molar-refractivity contribution in [1.29, 1.82) is 0 Å². The number of aromatic nitrogens is 1. The number of anilines is 1. The number of para-hydroxylation sites is 1. The highest BCUT2D eigenvalue weighted by molar-refractivity contribution is 7.10. The largest absolute Gasteiger partial charge is 0.573 e. The van der Waals surface area contributed by atoms with Gasteiger partial charge in [0, 0.05) is 35.6 Å². The molecule has 0 bridgehead atoms. The summed E-state index contributed by atoms with van der Waals surface area (Å²) in [5.74, 6) is -0.545. The molecule has 0 radical (unpaired) electrons. The number of benzene rings is 2. The lowest BCUT2D eigenvalue weighted by Crippen LogP contribution is -2.38. The number of unbranched alkanes of at least 4 members (excludes halogenated alkanes) is 1. The van der Waals surface area contributed by atoms with E-state index >= 15 is 0 Å². The van der Waals surface area contributed by atoms with E-state index in [2.05, 4.69) is 15.0 Å². The van der Waals surface area contributed by atoms with E-state index in [-0.39, 0.29) is 29.4 Å². The molecule has 1 aromatic heterocycles. The van der Waals surface area contributed by atoms with Crippen LogP contribution in [0.15, 0.2) is 53.9 Å². The average Bonchev–Trinajstić information content (AvgIpc) is 3.40. The SMILES string of the molecule is CCCCOC(=O)N1CCC(c2nc(C(=O)Nc3ccccc3-c3ccc(OC(F)(F)F)cc3)cs2)CC1. The topological polar surface area (TPSA) is 80.8 Å². The summed E-state index contributed by atoms with van der Waals surface area (Å²) in [6.07, 6.45) is -1.74. The minimum Gasteiger partial charge on any atom is -0.449 e. The van der Waals surface area contributed by atoms with E-state index in [4.69, 9.17) is 4.74 Å². The molecule has 0 atom stereocenters. The normalized spacial score (nSPS) is 14.3. The Labute approximate surface area is 222 Å². The number of hydrogen-bond acceptors (Lipinski definition) is 6. The first-order valence-corrected chi connectivity index (χ1v) is 13.2. The van der Waals surface area contributed by atoms with Gasteiger partial charge >= 0.3 is 12.5 Å². The Morgan fingerprint density at radius 3 is 2.50 bits per heavy atom. The van der Waals surface area contributed by atoms with Gasteiger partial charge in [-0.05, 0) is 43.0 Å². The van der Waals surface area contributed by atoms with Crippen LogP contribution in [-0.4, -0.2) is 47.9 Å². The van der Waals surface area contributed by atoms with E-state index in [9.17, 15) is 22.8 Å². The van der Waals surface area contributed by atoms with E-state index in [1.165, 1.54) is 35.6 Å². The van der Waals surface area contributed by atoms with Gasteiger partial charge in [0.25, 0.3) is 5.91 Å². The van der Waals surface area contributed by atoms with E-state index in [1.807, 2.05) is 6.92 Å². The number of amides is 2. The van der Waals surface area contributed by atoms with Crippen molar-refractivity contribution in [3.8, 4) is 16.9 Å². The molecule has 2 amide bonds. The number of carbonyl (C=O) groups is 2. The second kappa shape index (κ2) is 12.3. The monoisotopic (exact) mass is 547 g/mol. The fourth-order valence-corrected chi connectivity index (χ4v) is 5.12. The zero-order valence-corrected chi connectivity index (χ0v) is 21.6. The van der Waals surface area contributed by atoms with Crippen LogP contribution in [0.2, 0.25) is 0 Å². The molecule has 1 aliphatic heterocycles. The first-order chi connectivity index (χ1) is 18.2. The summed E-state index contributed by atoms with van der Waals surface area (Å²) in [6, 6.07) is 12.5. The van der Waals surface area contributed by atoms with E-state index < -0.39 is 6.36 Å². The first kappa shape index (κ1) is 27.4. The van der Waals surface area contributed by atoms with Crippen LogP contribution >= 0.6 is 11.3 Å². The summed E-state index contributed by atoms with van der Waals surface area (Å²) in [5.41, 5.74) is 2.06. The Morgan fingerprint density at radius 1 is 1.11 bits per heavy atom. The lowest BCUT2D eigenvalue weighted by atomic mass is 9.98. The van der Waals surface area contributed by atoms with Gasteiger partial charge in [-0.15, -0.1) is 24.5 Å². The van der Waals surface area contributed by atoms with Crippen molar-refractivity contribution in [2.75, 3.05) is 25.0 Å². The smallest absolute Gasteiger partial charge is 0.449 e. The Kier molecular flexibility index (Phi) is 8.88. The van der Waals surface area contributed by atoms with Gasteiger partial charge in [0.1, 0.15) is 11.4 Å². The van der Waals surface area contributed by atoms with Gasteiger partial charge < -0.3 is 19.7 Å². The Morgan fingerprint density at radius 2 is 1.82 bits per heavy atom. The van der Waals surface area contributed by atoms with Gasteiger partial charge in [0.15, 0.2) is 0 Å². The third kappa shape index (κ3) is 7.25. The fraction of sp³-hybridized carbons (Fsp3) is 0.370. The molecule has 0 unspecified atom stereocenters. The molecule has 0 spiro atoms. The molecule has 1 fully saturated rings. The molecule has 0 saturated carbocycles. The number of piperidine rings is 1. The second-order valence-corrected chi connectivity index (χ2v) is 9.76. The highest BCUT2D eigenvalue weighted by atomic mass is 32.1. The molecule has 1 N–H and O–H groups in total. The highest BCUT2D eigenvalue weighted by Gasteiger charge is 2.31. The van der Waals surface area contributed by atoms with Gasteiger partial charge in [0.05, 0.1) is 11.6 Å². The molecule has 202 valence electrons. The fourth-order valence-electron chi connectivity index (χ4n) is 4.15. The third-order valence-corrected chi connectivity index (χ3v) is 7.16. The molecule has 7 nitrogen and oxygen atoms in total. The van der Waals surface area contributed by atoms with Crippen LogP contribution in [0.25, 0.3) is 11.1 Å². The summed E-state index contributed by atoms with van der Waals surface area (Å²) in [5, 5.41) is 5.43. The van der Waals surface area contributed by atoms with Crippen LogP contribution in [-0.2, 0) is 4.74 Å². The number of alkyl halides is 3. The number of hydrogen-bond donors (Lipinski definition) is 1. The second-order valence-electron chi connectivity index (χ2n) is 8.87. The molecule has 4 rings (SSSR count). The number of halogens is 3. The maximum Gasteiger partial charge on any atom is 0.573 e. The standard InChI is InChI=1S/C27H28F3N3O4S/c1-2-3-16-36-26(35)33-14-12-19(13-15-33)25-32-23(17-38-25)24(34)31-22-7-5-4-6-21(22)18-8-10-20(11-9-18)37-27(28,29)30/h4-11,17,19H,2-3,12-16H2,1H3,(H,31,34). The summed E-state index contributed by atoms with van der Waals surface area (Å²) < 4.78 is 46.6. The van der Waals surface area contributed by atoms with Crippen molar-refractivity contribution < 1.29 is 32.2 Å². The van der Waals surface area contributed by atoms with Crippen LogP contribution < -0.4 is 10.1 Å². The van der Waals surface area contributed by atoms with E-state index in [0.29, 0.717) is 36.5 Å². The Bertz CT molecular complexity index is 1240. The zero-order chi connectivity index (χ0) is 27.1. The number of likely N-dealkylation sites (tertiary alicyclic amines) is 1. The van der Waals surface area contributed by atoms with Crippen LogP contribution in [0, 0.1) is 0 Å². The molecule has 2 aromatic carbocycles. The van der Waals surface area contributed by atoms with Gasteiger partial charge in [-0.2, -0.15) is 0 Å². The first-order valence-electron chi connectivity index (χ1n) is 12.4. The summed E-state index contributed by atoms with van der Waals surface area (Å²) >= 11 is 1.42. The Balaban J connectivity index is 1.37. The summed E-state index contributed by atoms with van der Waals surface area (Å²) in [6.45, 7) is 3.63. The molecule has 38 heavy (non-hydrogen) atoms. The van der Waals surface area contributed by atoms with Crippen LogP contribution in [0.3, 0.4) is 0 Å². The maximum atomic E-state index is 13.0. The average molecular weight is 548 g/mol. The molecule has 0 aliphatic carbocycles.